The molecule has 1 heterocycles. The van der Waals surface area contributed by atoms with Crippen LogP contribution in [0.2, 0.25) is 0 Å². The fourth-order valence-electron chi connectivity index (χ4n) is 2.56. The third-order valence-electron chi connectivity index (χ3n) is 3.86. The van der Waals surface area contributed by atoms with Gasteiger partial charge in [0.05, 0.1) is 11.3 Å². The molecule has 0 aromatic heterocycles. The van der Waals surface area contributed by atoms with Crippen LogP contribution in [0, 0.1) is 0 Å². The molecule has 6 heteroatoms. The first kappa shape index (κ1) is 16.6. The molecule has 2 aromatic rings. The fraction of sp³-hybridized carbons (Fsp3) is 0.158. The van der Waals surface area contributed by atoms with Gasteiger partial charge in [-0.05, 0) is 49.4 Å². The summed E-state index contributed by atoms with van der Waals surface area (Å²) in [6.45, 7) is 1.45. The minimum Gasteiger partial charge on any atom is -0.423 e. The van der Waals surface area contributed by atoms with E-state index in [0.717, 1.165) is 4.90 Å². The molecule has 0 spiro atoms. The smallest absolute Gasteiger partial charge is 0.343 e. The molecule has 0 aliphatic carbocycles. The van der Waals surface area contributed by atoms with Gasteiger partial charge in [0.1, 0.15) is 5.75 Å². The van der Waals surface area contributed by atoms with Crippen molar-refractivity contribution >= 4 is 29.3 Å². The Morgan fingerprint density at radius 2 is 1.56 bits per heavy atom. The molecule has 0 bridgehead atoms. The monoisotopic (exact) mass is 337 g/mol. The largest absolute Gasteiger partial charge is 0.423 e. The van der Waals surface area contributed by atoms with E-state index in [1.165, 1.54) is 25.1 Å². The van der Waals surface area contributed by atoms with Gasteiger partial charge in [0.2, 0.25) is 11.8 Å². The van der Waals surface area contributed by atoms with Crippen LogP contribution in [0.25, 0.3) is 0 Å². The number of amides is 2. The van der Waals surface area contributed by atoms with Gasteiger partial charge in [-0.3, -0.25) is 19.3 Å². The molecule has 0 saturated carbocycles. The van der Waals surface area contributed by atoms with Crippen LogP contribution < -0.4 is 9.64 Å². The first-order chi connectivity index (χ1) is 12.0. The number of hydrogen-bond acceptors (Lipinski definition) is 5. The van der Waals surface area contributed by atoms with Crippen LogP contribution in [-0.4, -0.2) is 23.6 Å². The average Bonchev–Trinajstić information content (AvgIpc) is 2.94. The molecule has 6 nitrogen and oxygen atoms in total. The quantitative estimate of drug-likeness (QED) is 0.371. The van der Waals surface area contributed by atoms with E-state index in [1.54, 1.807) is 30.3 Å². The Hall–Kier alpha value is -3.28. The van der Waals surface area contributed by atoms with Crippen molar-refractivity contribution in [1.82, 2.24) is 0 Å². The van der Waals surface area contributed by atoms with Crippen LogP contribution >= 0.6 is 0 Å². The zero-order valence-corrected chi connectivity index (χ0v) is 13.5. The van der Waals surface area contributed by atoms with E-state index in [4.69, 9.17) is 4.74 Å². The standard InChI is InChI=1S/C19H15NO5/c1-12(21)13-5-7-16(8-6-13)25-19(24)14-3-2-4-15(11-14)20-17(22)9-10-18(20)23/h2-8,11H,9-10H2,1H3. The van der Waals surface area contributed by atoms with Crippen LogP contribution in [0.15, 0.2) is 48.5 Å². The first-order valence-corrected chi connectivity index (χ1v) is 7.75. The molecule has 2 aromatic carbocycles. The summed E-state index contributed by atoms with van der Waals surface area (Å²) in [6.07, 6.45) is 0.353. The number of hydrogen-bond donors (Lipinski definition) is 0. The molecular weight excluding hydrogens is 322 g/mol. The number of anilines is 1. The second-order valence-electron chi connectivity index (χ2n) is 5.64. The van der Waals surface area contributed by atoms with Crippen LogP contribution in [-0.2, 0) is 9.59 Å². The lowest BCUT2D eigenvalue weighted by atomic mass is 10.1. The van der Waals surface area contributed by atoms with E-state index >= 15 is 0 Å². The van der Waals surface area contributed by atoms with Crippen molar-refractivity contribution < 1.29 is 23.9 Å². The number of esters is 1. The molecule has 2 amide bonds. The third-order valence-corrected chi connectivity index (χ3v) is 3.86. The zero-order chi connectivity index (χ0) is 18.0. The van der Waals surface area contributed by atoms with Crippen molar-refractivity contribution in [3.63, 3.8) is 0 Å². The van der Waals surface area contributed by atoms with Crippen molar-refractivity contribution in [3.8, 4) is 5.75 Å². The minimum atomic E-state index is -0.614. The molecule has 25 heavy (non-hydrogen) atoms. The summed E-state index contributed by atoms with van der Waals surface area (Å²) in [5, 5.41) is 0. The van der Waals surface area contributed by atoms with E-state index in [1.807, 2.05) is 0 Å². The molecule has 1 saturated heterocycles. The van der Waals surface area contributed by atoms with Gasteiger partial charge < -0.3 is 4.74 Å². The number of carbonyl (C=O) groups excluding carboxylic acids is 4. The highest BCUT2D eigenvalue weighted by molar-refractivity contribution is 6.20. The highest BCUT2D eigenvalue weighted by atomic mass is 16.5. The van der Waals surface area contributed by atoms with Crippen LogP contribution in [0.5, 0.6) is 5.75 Å². The maximum absolute atomic E-state index is 12.3. The molecule has 0 N–H and O–H groups in total. The maximum atomic E-state index is 12.3. The normalized spacial score (nSPS) is 13.9. The van der Waals surface area contributed by atoms with Gasteiger partial charge in [-0.15, -0.1) is 0 Å². The van der Waals surface area contributed by atoms with E-state index in [0.29, 0.717) is 17.0 Å². The number of nitrogens with zero attached hydrogens (tertiary/aromatic N) is 1. The SMILES string of the molecule is CC(=O)c1ccc(OC(=O)c2cccc(N3C(=O)CCC3=O)c2)cc1. The molecule has 1 aliphatic heterocycles. The number of Topliss-reactive ketones (excluding diaryl/α,β-unsaturated/α-hetero) is 1. The molecule has 126 valence electrons. The Bertz CT molecular complexity index is 854. The predicted molar refractivity (Wildman–Crippen MR) is 89.6 cm³/mol. The van der Waals surface area contributed by atoms with Gasteiger partial charge in [-0.2, -0.15) is 0 Å². The lowest BCUT2D eigenvalue weighted by molar-refractivity contribution is -0.121. The van der Waals surface area contributed by atoms with Crippen molar-refractivity contribution in [2.24, 2.45) is 0 Å². The number of carbonyl (C=O) groups is 4. The molecule has 0 radical (unpaired) electrons. The number of imide groups is 1. The zero-order valence-electron chi connectivity index (χ0n) is 13.5. The van der Waals surface area contributed by atoms with Gasteiger partial charge in [0.25, 0.3) is 0 Å². The number of ether oxygens (including phenoxy) is 1. The molecule has 0 unspecified atom stereocenters. The summed E-state index contributed by atoms with van der Waals surface area (Å²) in [7, 11) is 0. The maximum Gasteiger partial charge on any atom is 0.343 e. The van der Waals surface area contributed by atoms with Crippen molar-refractivity contribution in [2.45, 2.75) is 19.8 Å². The highest BCUT2D eigenvalue weighted by Gasteiger charge is 2.30. The lowest BCUT2D eigenvalue weighted by Gasteiger charge is -2.14. The second-order valence-corrected chi connectivity index (χ2v) is 5.64. The van der Waals surface area contributed by atoms with E-state index < -0.39 is 5.97 Å². The number of ketones is 1. The van der Waals surface area contributed by atoms with E-state index in [-0.39, 0.29) is 36.0 Å². The molecule has 3 rings (SSSR count). The minimum absolute atomic E-state index is 0.0782. The van der Waals surface area contributed by atoms with Crippen LogP contribution in [0.1, 0.15) is 40.5 Å². The summed E-state index contributed by atoms with van der Waals surface area (Å²) in [5.74, 6) is -0.957. The van der Waals surface area contributed by atoms with Crippen molar-refractivity contribution in [2.75, 3.05) is 4.90 Å². The lowest BCUT2D eigenvalue weighted by Crippen LogP contribution is -2.28. The topological polar surface area (TPSA) is 80.8 Å². The van der Waals surface area contributed by atoms with Crippen LogP contribution in [0.4, 0.5) is 5.69 Å². The van der Waals surface area contributed by atoms with Gasteiger partial charge in [-0.25, -0.2) is 4.79 Å². The summed E-state index contributed by atoms with van der Waals surface area (Å²) >= 11 is 0. The predicted octanol–water partition coefficient (Wildman–Crippen LogP) is 2.76. The van der Waals surface area contributed by atoms with Gasteiger partial charge in [0, 0.05) is 18.4 Å². The second kappa shape index (κ2) is 6.68. The summed E-state index contributed by atoms with van der Waals surface area (Å²) in [5.41, 5.74) is 1.10. The Morgan fingerprint density at radius 3 is 2.16 bits per heavy atom. The summed E-state index contributed by atoms with van der Waals surface area (Å²) in [4.78, 5) is 48.2. The summed E-state index contributed by atoms with van der Waals surface area (Å²) in [6, 6.07) is 12.4. The Kier molecular flexibility index (Phi) is 4.43. The van der Waals surface area contributed by atoms with Crippen molar-refractivity contribution in [3.05, 3.63) is 59.7 Å². The van der Waals surface area contributed by atoms with Gasteiger partial charge in [0.15, 0.2) is 5.78 Å². The van der Waals surface area contributed by atoms with Gasteiger partial charge in [-0.1, -0.05) is 6.07 Å². The number of benzene rings is 2. The molecule has 1 fully saturated rings. The van der Waals surface area contributed by atoms with Crippen LogP contribution in [0.3, 0.4) is 0 Å². The summed E-state index contributed by atoms with van der Waals surface area (Å²) < 4.78 is 5.27. The Labute approximate surface area is 144 Å². The van der Waals surface area contributed by atoms with E-state index in [2.05, 4.69) is 0 Å². The third kappa shape index (κ3) is 3.47. The van der Waals surface area contributed by atoms with Crippen molar-refractivity contribution in [1.29, 1.82) is 0 Å². The van der Waals surface area contributed by atoms with E-state index in [9.17, 15) is 19.2 Å². The molecular formula is C19H15NO5. The number of rotatable bonds is 4. The fourth-order valence-corrected chi connectivity index (χ4v) is 2.56. The Morgan fingerprint density at radius 1 is 0.920 bits per heavy atom. The first-order valence-electron chi connectivity index (χ1n) is 7.75. The Balaban J connectivity index is 1.78. The average molecular weight is 337 g/mol. The molecule has 1 aliphatic rings. The highest BCUT2D eigenvalue weighted by Crippen LogP contribution is 2.24. The van der Waals surface area contributed by atoms with Gasteiger partial charge >= 0.3 is 5.97 Å². The molecule has 0 atom stereocenters.